The topological polar surface area (TPSA) is 225 Å². The first kappa shape index (κ1) is 58.3. The standard InChI is InChI=1S/C58H78N8O10S/c1-10-65(44-19-22-74-23-20-44)48-29-42(28-46(36(48)3)54(69)60-31-47-50(73-9)27-35(2)62-55(47)70)40-15-17-43(18-16-40)59-21-24-75-25-26-76-33-51(68)64-53(58(6,7)8)57(72)66-32-45(67)30-49(66)56(71)63-37(4)39-11-13-41(14-12-39)52-38(5)61-34-77-52/h11-18,27-29,37,44-45,49,53,59,61,67H,10,19-26,30-34H2,1-9H3,(H,60,69)(H,62,70)(H,63,71)(H,64,68)/t37-,45+,49-,53+/m0/s1. The average Bonchev–Trinajstić information content (AvgIpc) is 4.03. The molecule has 3 aliphatic rings. The van der Waals surface area contributed by atoms with E-state index in [1.54, 1.807) is 24.8 Å². The number of carbonyl (C=O) groups excluding carboxylic acids is 4. The predicted octanol–water partition coefficient (Wildman–Crippen LogP) is 6.40. The van der Waals surface area contributed by atoms with E-state index in [1.807, 2.05) is 89.2 Å². The Balaban J connectivity index is 0.877. The van der Waals surface area contributed by atoms with E-state index in [2.05, 4.69) is 56.4 Å². The number of β-amino-alcohol motifs (C(OH)–C–C–N with tert-alkyl or cyclic N) is 1. The summed E-state index contributed by atoms with van der Waals surface area (Å²) in [4.78, 5) is 75.7. The van der Waals surface area contributed by atoms with Gasteiger partial charge >= 0.3 is 0 Å². The maximum absolute atomic E-state index is 14.1. The van der Waals surface area contributed by atoms with Crippen molar-refractivity contribution in [3.05, 3.63) is 116 Å². The van der Waals surface area contributed by atoms with Gasteiger partial charge in [-0.15, -0.1) is 11.8 Å². The lowest BCUT2D eigenvalue weighted by molar-refractivity contribution is -0.144. The van der Waals surface area contributed by atoms with Gasteiger partial charge in [0.25, 0.3) is 11.5 Å². The van der Waals surface area contributed by atoms with Crippen molar-refractivity contribution in [3.63, 3.8) is 0 Å². The minimum absolute atomic E-state index is 0.00453. The molecule has 4 heterocycles. The van der Waals surface area contributed by atoms with Gasteiger partial charge in [-0.3, -0.25) is 24.0 Å². The number of aliphatic hydroxyl groups is 1. The van der Waals surface area contributed by atoms with Crippen LogP contribution >= 0.6 is 11.8 Å². The van der Waals surface area contributed by atoms with Crippen molar-refractivity contribution in [1.29, 1.82) is 0 Å². The van der Waals surface area contributed by atoms with Crippen LogP contribution in [0.2, 0.25) is 0 Å². The first-order valence-electron chi connectivity index (χ1n) is 26.7. The Hall–Kier alpha value is -6.38. The van der Waals surface area contributed by atoms with E-state index >= 15 is 0 Å². The van der Waals surface area contributed by atoms with E-state index in [4.69, 9.17) is 18.9 Å². The molecular formula is C58H78N8O10S. The van der Waals surface area contributed by atoms with Gasteiger partial charge in [-0.25, -0.2) is 0 Å². The van der Waals surface area contributed by atoms with Gasteiger partial charge < -0.3 is 65.4 Å². The Morgan fingerprint density at radius 3 is 2.29 bits per heavy atom. The zero-order chi connectivity index (χ0) is 55.4. The number of rotatable bonds is 23. The quantitative estimate of drug-likeness (QED) is 0.0400. The van der Waals surface area contributed by atoms with Crippen molar-refractivity contribution in [3.8, 4) is 16.9 Å². The number of pyridine rings is 1. The maximum Gasteiger partial charge on any atom is 0.256 e. The Morgan fingerprint density at radius 1 is 0.922 bits per heavy atom. The maximum atomic E-state index is 14.1. The van der Waals surface area contributed by atoms with Crippen molar-refractivity contribution in [2.75, 3.05) is 82.5 Å². The third kappa shape index (κ3) is 15.0. The second-order valence-corrected chi connectivity index (χ2v) is 22.0. The summed E-state index contributed by atoms with van der Waals surface area (Å²) in [7, 11) is 1.50. The van der Waals surface area contributed by atoms with Crippen LogP contribution in [-0.4, -0.2) is 135 Å². The highest BCUT2D eigenvalue weighted by atomic mass is 32.2. The normalized spacial score (nSPS) is 17.6. The predicted molar refractivity (Wildman–Crippen MR) is 302 cm³/mol. The van der Waals surface area contributed by atoms with Crippen LogP contribution in [-0.2, 0) is 35.1 Å². The summed E-state index contributed by atoms with van der Waals surface area (Å²) in [6.07, 6.45) is 0.971. The lowest BCUT2D eigenvalue weighted by Crippen LogP contribution is -2.58. The van der Waals surface area contributed by atoms with E-state index in [-0.39, 0.29) is 68.8 Å². The van der Waals surface area contributed by atoms with E-state index in [1.165, 1.54) is 16.9 Å². The molecular weight excluding hydrogens is 1000 g/mol. The number of aromatic nitrogens is 1. The number of aromatic amines is 1. The van der Waals surface area contributed by atoms with E-state index in [0.29, 0.717) is 48.9 Å². The molecule has 0 saturated carbocycles. The van der Waals surface area contributed by atoms with Gasteiger partial charge in [0.05, 0.1) is 57.1 Å². The summed E-state index contributed by atoms with van der Waals surface area (Å²) in [5.41, 5.74) is 8.16. The molecule has 0 aliphatic carbocycles. The number of benzene rings is 3. The van der Waals surface area contributed by atoms with Crippen molar-refractivity contribution >= 4 is 51.7 Å². The number of carbonyl (C=O) groups is 4. The third-order valence-electron chi connectivity index (χ3n) is 14.4. The molecule has 0 unspecified atom stereocenters. The van der Waals surface area contributed by atoms with Crippen LogP contribution < -0.4 is 41.8 Å². The number of anilines is 2. The molecule has 3 aliphatic heterocycles. The average molecular weight is 1080 g/mol. The number of H-pyrrole nitrogens is 1. The van der Waals surface area contributed by atoms with Gasteiger partial charge in [-0.05, 0) is 111 Å². The molecule has 4 aromatic rings. The smallest absolute Gasteiger partial charge is 0.256 e. The number of thioether (sulfide) groups is 1. The lowest BCUT2D eigenvalue weighted by atomic mass is 9.85. The number of aryl methyl sites for hydroxylation is 1. The molecule has 7 rings (SSSR count). The monoisotopic (exact) mass is 1080 g/mol. The highest BCUT2D eigenvalue weighted by Gasteiger charge is 2.45. The molecule has 2 fully saturated rings. The largest absolute Gasteiger partial charge is 0.496 e. The van der Waals surface area contributed by atoms with Gasteiger partial charge in [-0.1, -0.05) is 57.2 Å². The van der Waals surface area contributed by atoms with E-state index in [0.717, 1.165) is 70.2 Å². The highest BCUT2D eigenvalue weighted by Crippen LogP contribution is 2.36. The molecule has 4 amide bonds. The van der Waals surface area contributed by atoms with Gasteiger partial charge in [0.1, 0.15) is 24.4 Å². The summed E-state index contributed by atoms with van der Waals surface area (Å²) < 4.78 is 22.6. The number of aliphatic hydroxyl groups excluding tert-OH is 1. The highest BCUT2D eigenvalue weighted by molar-refractivity contribution is 8.08. The molecule has 416 valence electrons. The number of hydrogen-bond acceptors (Lipinski definition) is 14. The SMILES string of the molecule is CCN(c1cc(-c2ccc(NCCOCCOCC(=O)N[C@H](C(=O)N3C[C@H](O)C[C@H]3C(=O)N[C@@H](C)c3ccc(C4=C(C)NCS4)cc3)C(C)(C)C)cc2)cc(C(=O)NCc2c(OC)cc(C)[nH]c2=O)c1C)C1CCOCC1. The molecule has 19 heteroatoms. The summed E-state index contributed by atoms with van der Waals surface area (Å²) in [5.74, 6) is -0.350. The molecule has 3 aromatic carbocycles. The summed E-state index contributed by atoms with van der Waals surface area (Å²) >= 11 is 1.75. The fourth-order valence-corrected chi connectivity index (χ4v) is 11.1. The number of allylic oxidation sites excluding steroid dienone is 1. The van der Waals surface area contributed by atoms with Crippen LogP contribution in [0.1, 0.15) is 105 Å². The number of likely N-dealkylation sites (tertiary alicyclic amines) is 1. The first-order chi connectivity index (χ1) is 36.9. The Labute approximate surface area is 456 Å². The molecule has 7 N–H and O–H groups in total. The third-order valence-corrected chi connectivity index (χ3v) is 15.5. The van der Waals surface area contributed by atoms with Crippen LogP contribution in [0, 0.1) is 19.3 Å². The number of hydrogen-bond donors (Lipinski definition) is 7. The molecule has 0 bridgehead atoms. The number of nitrogens with one attached hydrogen (secondary N) is 6. The second-order valence-electron chi connectivity index (χ2n) is 21.0. The van der Waals surface area contributed by atoms with Crippen LogP contribution in [0.4, 0.5) is 11.4 Å². The molecule has 0 spiro atoms. The second kappa shape index (κ2) is 26.8. The van der Waals surface area contributed by atoms with Crippen LogP contribution in [0.3, 0.4) is 0 Å². The zero-order valence-electron chi connectivity index (χ0n) is 46.1. The molecule has 77 heavy (non-hydrogen) atoms. The number of ether oxygens (including phenoxy) is 4. The Bertz CT molecular complexity index is 2790. The molecule has 4 atom stereocenters. The number of methoxy groups -OCH3 is 1. The zero-order valence-corrected chi connectivity index (χ0v) is 46.9. The Kier molecular flexibility index (Phi) is 20.3. The summed E-state index contributed by atoms with van der Waals surface area (Å²) in [6.45, 7) is 18.4. The first-order valence-corrected chi connectivity index (χ1v) is 27.6. The molecule has 1 aromatic heterocycles. The van der Waals surface area contributed by atoms with Gasteiger partial charge in [0, 0.05) is 78.5 Å². The van der Waals surface area contributed by atoms with E-state index < -0.39 is 35.4 Å². The van der Waals surface area contributed by atoms with Crippen molar-refractivity contribution < 1.29 is 43.2 Å². The Morgan fingerprint density at radius 2 is 1.62 bits per heavy atom. The van der Waals surface area contributed by atoms with E-state index in [9.17, 15) is 29.1 Å². The lowest BCUT2D eigenvalue weighted by Gasteiger charge is -2.37. The fourth-order valence-electron chi connectivity index (χ4n) is 10.1. The van der Waals surface area contributed by atoms with Crippen LogP contribution in [0.15, 0.2) is 77.2 Å². The molecule has 18 nitrogen and oxygen atoms in total. The van der Waals surface area contributed by atoms with Crippen molar-refractivity contribution in [1.82, 2.24) is 31.2 Å². The van der Waals surface area contributed by atoms with Crippen LogP contribution in [0.25, 0.3) is 16.0 Å². The van der Waals surface area contributed by atoms with Crippen LogP contribution in [0.5, 0.6) is 5.75 Å². The number of amides is 4. The van der Waals surface area contributed by atoms with Crippen molar-refractivity contribution in [2.24, 2.45) is 5.41 Å². The molecule has 2 saturated heterocycles. The van der Waals surface area contributed by atoms with Crippen molar-refractivity contribution in [2.45, 2.75) is 111 Å². The fraction of sp³-hybridized carbons (Fsp3) is 0.500. The number of nitrogens with zero attached hydrogens (tertiary/aromatic N) is 2. The minimum atomic E-state index is -0.984. The van der Waals surface area contributed by atoms with Gasteiger partial charge in [-0.2, -0.15) is 0 Å². The summed E-state index contributed by atoms with van der Waals surface area (Å²) in [5, 5.41) is 26.2. The van der Waals surface area contributed by atoms with Gasteiger partial charge in [0.2, 0.25) is 17.7 Å². The summed E-state index contributed by atoms with van der Waals surface area (Å²) in [6, 6.07) is 19.9. The molecule has 0 radical (unpaired) electrons. The minimum Gasteiger partial charge on any atom is -0.496 e. The van der Waals surface area contributed by atoms with Gasteiger partial charge in [0.15, 0.2) is 0 Å².